The summed E-state index contributed by atoms with van der Waals surface area (Å²) < 4.78 is 2.19. The Morgan fingerprint density at radius 2 is 2.00 bits per heavy atom. The summed E-state index contributed by atoms with van der Waals surface area (Å²) in [6.45, 7) is 2.82. The molecule has 4 rings (SSSR count). The van der Waals surface area contributed by atoms with Crippen molar-refractivity contribution < 1.29 is 0 Å². The second kappa shape index (κ2) is 6.65. The van der Waals surface area contributed by atoms with Crippen molar-refractivity contribution in [1.29, 1.82) is 0 Å². The van der Waals surface area contributed by atoms with Crippen LogP contribution in [0, 0.1) is 0 Å². The molecule has 0 bridgehead atoms. The summed E-state index contributed by atoms with van der Waals surface area (Å²) in [5, 5.41) is 10.5. The van der Waals surface area contributed by atoms with Crippen molar-refractivity contribution in [2.24, 2.45) is 0 Å². The van der Waals surface area contributed by atoms with Gasteiger partial charge in [0.15, 0.2) is 0 Å². The maximum Gasteiger partial charge on any atom is 0.107 e. The topological polar surface area (TPSA) is 29.9 Å². The van der Waals surface area contributed by atoms with Crippen molar-refractivity contribution in [3.8, 4) is 10.6 Å². The largest absolute Gasteiger partial charge is 0.312 e. The van der Waals surface area contributed by atoms with Crippen LogP contribution in [0.1, 0.15) is 16.8 Å². The van der Waals surface area contributed by atoms with Crippen LogP contribution >= 0.6 is 23.7 Å². The number of nitrogens with zero attached hydrogens (tertiary/aromatic N) is 2. The van der Waals surface area contributed by atoms with Gasteiger partial charge in [-0.1, -0.05) is 36.4 Å². The van der Waals surface area contributed by atoms with E-state index in [1.54, 1.807) is 11.3 Å². The van der Waals surface area contributed by atoms with Crippen LogP contribution in [-0.2, 0) is 19.5 Å². The quantitative estimate of drug-likeness (QED) is 0.792. The lowest BCUT2D eigenvalue weighted by Crippen LogP contribution is -2.25. The van der Waals surface area contributed by atoms with Gasteiger partial charge in [-0.05, 0) is 17.0 Å². The first-order valence-electron chi connectivity index (χ1n) is 7.29. The van der Waals surface area contributed by atoms with E-state index in [-0.39, 0.29) is 12.4 Å². The summed E-state index contributed by atoms with van der Waals surface area (Å²) in [4.78, 5) is 1.27. The first-order chi connectivity index (χ1) is 10.4. The van der Waals surface area contributed by atoms with Crippen LogP contribution in [0.5, 0.6) is 0 Å². The Bertz CT molecular complexity index is 735. The number of hydrogen-bond donors (Lipinski definition) is 1. The maximum atomic E-state index is 4.92. The lowest BCUT2D eigenvalue weighted by Gasteiger charge is -2.15. The molecule has 5 heteroatoms. The highest BCUT2D eigenvalue weighted by Gasteiger charge is 2.21. The van der Waals surface area contributed by atoms with E-state index in [2.05, 4.69) is 57.8 Å². The number of halogens is 1. The predicted molar refractivity (Wildman–Crippen MR) is 93.7 cm³/mol. The number of rotatable bonds is 3. The predicted octanol–water partition coefficient (Wildman–Crippen LogP) is 3.73. The molecule has 0 fully saturated rings. The van der Waals surface area contributed by atoms with Crippen LogP contribution in [-0.4, -0.2) is 16.3 Å². The number of fused-ring (bicyclic) bond motifs is 1. The normalized spacial score (nSPS) is 13.5. The molecule has 1 aliphatic heterocycles. The van der Waals surface area contributed by atoms with Crippen molar-refractivity contribution >= 4 is 23.7 Å². The molecular formula is C17H18ClN3S. The number of benzene rings is 1. The molecular weight excluding hydrogens is 314 g/mol. The highest BCUT2D eigenvalue weighted by Crippen LogP contribution is 2.31. The van der Waals surface area contributed by atoms with Crippen LogP contribution in [0.25, 0.3) is 10.6 Å². The monoisotopic (exact) mass is 331 g/mol. The maximum absolute atomic E-state index is 4.92. The van der Waals surface area contributed by atoms with Gasteiger partial charge in [0.2, 0.25) is 0 Å². The van der Waals surface area contributed by atoms with Gasteiger partial charge in [0.25, 0.3) is 0 Å². The van der Waals surface area contributed by atoms with Gasteiger partial charge >= 0.3 is 0 Å². The molecule has 1 aliphatic rings. The highest BCUT2D eigenvalue weighted by atomic mass is 35.5. The van der Waals surface area contributed by atoms with Gasteiger partial charge in [0, 0.05) is 30.8 Å². The Hall–Kier alpha value is -1.62. The van der Waals surface area contributed by atoms with E-state index in [4.69, 9.17) is 5.10 Å². The zero-order valence-corrected chi connectivity index (χ0v) is 13.8. The van der Waals surface area contributed by atoms with E-state index >= 15 is 0 Å². The minimum absolute atomic E-state index is 0. The van der Waals surface area contributed by atoms with Crippen LogP contribution in [0.3, 0.4) is 0 Å². The number of aromatic nitrogens is 2. The standard InChI is InChI=1S/C17H17N3S.ClH/c1-2-5-13(6-3-1)12-20-15-8-9-18-11-14(15)17(19-20)16-7-4-10-21-16;/h1-7,10,18H,8-9,11-12H2;1H. The third-order valence-corrected chi connectivity index (χ3v) is 4.81. The van der Waals surface area contributed by atoms with E-state index in [0.717, 1.165) is 31.7 Å². The smallest absolute Gasteiger partial charge is 0.107 e. The SMILES string of the molecule is Cl.c1ccc(Cn2nc(-c3cccs3)c3c2CCNC3)cc1. The summed E-state index contributed by atoms with van der Waals surface area (Å²) in [6.07, 6.45) is 1.06. The molecule has 3 aromatic rings. The van der Waals surface area contributed by atoms with Crippen molar-refractivity contribution in [3.63, 3.8) is 0 Å². The van der Waals surface area contributed by atoms with Crippen LogP contribution < -0.4 is 5.32 Å². The molecule has 0 saturated carbocycles. The highest BCUT2D eigenvalue weighted by molar-refractivity contribution is 7.13. The van der Waals surface area contributed by atoms with Crippen molar-refractivity contribution in [1.82, 2.24) is 15.1 Å². The molecule has 3 nitrogen and oxygen atoms in total. The molecule has 0 unspecified atom stereocenters. The molecule has 2 aromatic heterocycles. The minimum atomic E-state index is 0. The lowest BCUT2D eigenvalue weighted by molar-refractivity contribution is 0.582. The summed E-state index contributed by atoms with van der Waals surface area (Å²) in [5.41, 5.74) is 5.22. The average Bonchev–Trinajstić information content (AvgIpc) is 3.17. The Labute approximate surface area is 140 Å². The number of nitrogens with one attached hydrogen (secondary N) is 1. The second-order valence-corrected chi connectivity index (χ2v) is 6.27. The van der Waals surface area contributed by atoms with Crippen LogP contribution in [0.15, 0.2) is 47.8 Å². The average molecular weight is 332 g/mol. The minimum Gasteiger partial charge on any atom is -0.312 e. The second-order valence-electron chi connectivity index (χ2n) is 5.32. The van der Waals surface area contributed by atoms with E-state index in [9.17, 15) is 0 Å². The third-order valence-electron chi connectivity index (χ3n) is 3.94. The molecule has 0 radical (unpaired) electrons. The van der Waals surface area contributed by atoms with Crippen molar-refractivity contribution in [3.05, 3.63) is 64.7 Å². The molecule has 3 heterocycles. The molecule has 1 N–H and O–H groups in total. The fourth-order valence-corrected chi connectivity index (χ4v) is 3.65. The zero-order valence-electron chi connectivity index (χ0n) is 12.2. The van der Waals surface area contributed by atoms with Crippen LogP contribution in [0.2, 0.25) is 0 Å². The Kier molecular flexibility index (Phi) is 4.62. The van der Waals surface area contributed by atoms with E-state index in [1.165, 1.54) is 21.7 Å². The number of hydrogen-bond acceptors (Lipinski definition) is 3. The van der Waals surface area contributed by atoms with Crippen LogP contribution in [0.4, 0.5) is 0 Å². The van der Waals surface area contributed by atoms with Gasteiger partial charge < -0.3 is 5.32 Å². The van der Waals surface area contributed by atoms with Gasteiger partial charge in [-0.25, -0.2) is 0 Å². The molecule has 0 amide bonds. The molecule has 114 valence electrons. The van der Waals surface area contributed by atoms with Gasteiger partial charge in [-0.2, -0.15) is 5.10 Å². The third kappa shape index (κ3) is 2.82. The summed E-state index contributed by atoms with van der Waals surface area (Å²) in [7, 11) is 0. The zero-order chi connectivity index (χ0) is 14.1. The first-order valence-corrected chi connectivity index (χ1v) is 8.17. The molecule has 0 spiro atoms. The van der Waals surface area contributed by atoms with Gasteiger partial charge in [0.05, 0.1) is 11.4 Å². The van der Waals surface area contributed by atoms with E-state index in [0.29, 0.717) is 0 Å². The Balaban J connectivity index is 0.00000144. The van der Waals surface area contributed by atoms with Gasteiger partial charge in [-0.3, -0.25) is 4.68 Å². The Morgan fingerprint density at radius 3 is 2.77 bits per heavy atom. The first kappa shape index (κ1) is 15.3. The molecule has 0 aliphatic carbocycles. The molecule has 0 atom stereocenters. The van der Waals surface area contributed by atoms with E-state index in [1.807, 2.05) is 0 Å². The summed E-state index contributed by atoms with van der Waals surface area (Å²) >= 11 is 1.76. The summed E-state index contributed by atoms with van der Waals surface area (Å²) in [6, 6.07) is 14.8. The fourth-order valence-electron chi connectivity index (χ4n) is 2.92. The molecule has 0 saturated heterocycles. The lowest BCUT2D eigenvalue weighted by atomic mass is 10.1. The van der Waals surface area contributed by atoms with Crippen molar-refractivity contribution in [2.45, 2.75) is 19.5 Å². The van der Waals surface area contributed by atoms with Crippen molar-refractivity contribution in [2.75, 3.05) is 6.54 Å². The van der Waals surface area contributed by atoms with Gasteiger partial charge in [-0.15, -0.1) is 23.7 Å². The Morgan fingerprint density at radius 1 is 1.14 bits per heavy atom. The number of thiophene rings is 1. The van der Waals surface area contributed by atoms with E-state index < -0.39 is 0 Å². The molecule has 22 heavy (non-hydrogen) atoms. The molecule has 1 aromatic carbocycles. The fraction of sp³-hybridized carbons (Fsp3) is 0.235. The van der Waals surface area contributed by atoms with Gasteiger partial charge in [0.1, 0.15) is 5.69 Å². The summed E-state index contributed by atoms with van der Waals surface area (Å²) in [5.74, 6) is 0.